The Bertz CT molecular complexity index is 674. The lowest BCUT2D eigenvalue weighted by molar-refractivity contribution is 0.426. The molecular weight excluding hydrogens is 284 g/mol. The van der Waals surface area contributed by atoms with Crippen molar-refractivity contribution in [3.8, 4) is 10.8 Å². The van der Waals surface area contributed by atoms with E-state index in [0.29, 0.717) is 23.4 Å². The third-order valence-electron chi connectivity index (χ3n) is 2.40. The highest BCUT2D eigenvalue weighted by Crippen LogP contribution is 2.25. The van der Waals surface area contributed by atoms with Crippen LogP contribution in [0.3, 0.4) is 0 Å². The van der Waals surface area contributed by atoms with Crippen molar-refractivity contribution in [2.75, 3.05) is 5.73 Å². The number of anilines is 1. The summed E-state index contributed by atoms with van der Waals surface area (Å²) in [4.78, 5) is 5.29. The molecule has 0 unspecified atom stereocenters. The van der Waals surface area contributed by atoms with Crippen molar-refractivity contribution in [1.82, 2.24) is 24.9 Å². The molecule has 0 atom stereocenters. The molecule has 98 valence electrons. The standard InChI is InChI=1S/C10H10N6OS2/c1-16-9(11)13-14-10(16)19-5-7-12-8(17-15-7)6-3-2-4-18-6/h2-4H,5H2,1H3,(H2,11,13). The molecule has 0 bridgehead atoms. The number of thiophene rings is 1. The van der Waals surface area contributed by atoms with Gasteiger partial charge in [-0.25, -0.2) is 0 Å². The van der Waals surface area contributed by atoms with Crippen molar-refractivity contribution < 1.29 is 4.52 Å². The summed E-state index contributed by atoms with van der Waals surface area (Å²) in [6.45, 7) is 0. The average Bonchev–Trinajstić information content (AvgIpc) is 3.11. The minimum Gasteiger partial charge on any atom is -0.368 e. The molecule has 3 rings (SSSR count). The van der Waals surface area contributed by atoms with Crippen LogP contribution < -0.4 is 5.73 Å². The van der Waals surface area contributed by atoms with Crippen LogP contribution in [0.15, 0.2) is 27.2 Å². The zero-order chi connectivity index (χ0) is 13.2. The van der Waals surface area contributed by atoms with E-state index >= 15 is 0 Å². The SMILES string of the molecule is Cn1c(N)nnc1SCc1noc(-c2cccs2)n1. The smallest absolute Gasteiger partial charge is 0.268 e. The normalized spacial score (nSPS) is 11.0. The van der Waals surface area contributed by atoms with Crippen LogP contribution >= 0.6 is 23.1 Å². The Hall–Kier alpha value is -1.87. The van der Waals surface area contributed by atoms with Gasteiger partial charge < -0.3 is 10.3 Å². The molecule has 9 heteroatoms. The van der Waals surface area contributed by atoms with E-state index in [9.17, 15) is 0 Å². The van der Waals surface area contributed by atoms with E-state index in [1.165, 1.54) is 11.8 Å². The first-order valence-corrected chi connectivity index (χ1v) is 7.24. The summed E-state index contributed by atoms with van der Waals surface area (Å²) in [6, 6.07) is 3.89. The second-order valence-corrected chi connectivity index (χ2v) is 5.57. The Morgan fingerprint density at radius 2 is 2.37 bits per heavy atom. The fourth-order valence-electron chi connectivity index (χ4n) is 1.39. The highest BCUT2D eigenvalue weighted by molar-refractivity contribution is 7.98. The second-order valence-electron chi connectivity index (χ2n) is 3.68. The molecule has 19 heavy (non-hydrogen) atoms. The number of nitrogens with zero attached hydrogens (tertiary/aromatic N) is 5. The van der Waals surface area contributed by atoms with Gasteiger partial charge in [0.25, 0.3) is 5.89 Å². The summed E-state index contributed by atoms with van der Waals surface area (Å²) in [5, 5.41) is 14.4. The van der Waals surface area contributed by atoms with Gasteiger partial charge in [-0.3, -0.25) is 4.57 Å². The molecule has 3 aromatic rings. The lowest BCUT2D eigenvalue weighted by Crippen LogP contribution is -1.98. The first-order valence-electron chi connectivity index (χ1n) is 5.38. The van der Waals surface area contributed by atoms with Gasteiger partial charge in [0, 0.05) is 7.05 Å². The quantitative estimate of drug-likeness (QED) is 0.733. The number of nitrogen functional groups attached to an aromatic ring is 1. The minimum atomic E-state index is 0.384. The van der Waals surface area contributed by atoms with Gasteiger partial charge in [0.1, 0.15) is 0 Å². The third kappa shape index (κ3) is 2.47. The van der Waals surface area contributed by atoms with E-state index in [0.717, 1.165) is 10.0 Å². The minimum absolute atomic E-state index is 0.384. The molecule has 0 aromatic carbocycles. The zero-order valence-electron chi connectivity index (χ0n) is 9.98. The fourth-order valence-corrected chi connectivity index (χ4v) is 2.80. The third-order valence-corrected chi connectivity index (χ3v) is 4.27. The van der Waals surface area contributed by atoms with Gasteiger partial charge >= 0.3 is 0 Å². The highest BCUT2D eigenvalue weighted by atomic mass is 32.2. The summed E-state index contributed by atoms with van der Waals surface area (Å²) < 4.78 is 6.91. The number of thioether (sulfide) groups is 1. The van der Waals surface area contributed by atoms with Gasteiger partial charge in [0.15, 0.2) is 11.0 Å². The molecule has 7 nitrogen and oxygen atoms in total. The van der Waals surface area contributed by atoms with E-state index in [2.05, 4.69) is 20.3 Å². The molecule has 3 heterocycles. The molecule has 0 fully saturated rings. The monoisotopic (exact) mass is 294 g/mol. The Kier molecular flexibility index (Phi) is 3.22. The van der Waals surface area contributed by atoms with E-state index in [1.54, 1.807) is 15.9 Å². The lowest BCUT2D eigenvalue weighted by Gasteiger charge is -1.97. The van der Waals surface area contributed by atoms with Crippen LogP contribution in [0.2, 0.25) is 0 Å². The largest absolute Gasteiger partial charge is 0.368 e. The first-order chi connectivity index (χ1) is 9.24. The fraction of sp³-hybridized carbons (Fsp3) is 0.200. The second kappa shape index (κ2) is 5.02. The van der Waals surface area contributed by atoms with Crippen LogP contribution in [-0.4, -0.2) is 24.9 Å². The van der Waals surface area contributed by atoms with Crippen LogP contribution in [0.4, 0.5) is 5.95 Å². The van der Waals surface area contributed by atoms with Crippen molar-refractivity contribution >= 4 is 29.0 Å². The topological polar surface area (TPSA) is 95.7 Å². The van der Waals surface area contributed by atoms with Crippen LogP contribution in [-0.2, 0) is 12.8 Å². The summed E-state index contributed by atoms with van der Waals surface area (Å²) in [5.74, 6) is 2.11. The molecular formula is C10H10N6OS2. The summed E-state index contributed by atoms with van der Waals surface area (Å²) in [7, 11) is 1.81. The Labute approximate surface area is 116 Å². The van der Waals surface area contributed by atoms with Crippen LogP contribution in [0.5, 0.6) is 0 Å². The molecule has 0 saturated heterocycles. The van der Waals surface area contributed by atoms with Crippen LogP contribution in [0, 0.1) is 0 Å². The molecule has 0 aliphatic carbocycles. The number of rotatable bonds is 4. The molecule has 0 amide bonds. The summed E-state index contributed by atoms with van der Waals surface area (Å²) in [6.07, 6.45) is 0. The predicted molar refractivity (Wildman–Crippen MR) is 72.6 cm³/mol. The van der Waals surface area contributed by atoms with E-state index < -0.39 is 0 Å². The summed E-state index contributed by atoms with van der Waals surface area (Å²) >= 11 is 3.02. The number of aromatic nitrogens is 5. The highest BCUT2D eigenvalue weighted by Gasteiger charge is 2.12. The maximum Gasteiger partial charge on any atom is 0.268 e. The van der Waals surface area contributed by atoms with Crippen molar-refractivity contribution in [2.45, 2.75) is 10.9 Å². The van der Waals surface area contributed by atoms with E-state index in [1.807, 2.05) is 24.6 Å². The van der Waals surface area contributed by atoms with Gasteiger partial charge in [-0.1, -0.05) is 23.0 Å². The zero-order valence-corrected chi connectivity index (χ0v) is 11.6. The van der Waals surface area contributed by atoms with Crippen molar-refractivity contribution in [3.63, 3.8) is 0 Å². The van der Waals surface area contributed by atoms with Gasteiger partial charge in [-0.2, -0.15) is 4.98 Å². The number of hydrogen-bond acceptors (Lipinski definition) is 8. The molecule has 2 N–H and O–H groups in total. The maximum absolute atomic E-state index is 5.61. The molecule has 0 radical (unpaired) electrons. The van der Waals surface area contributed by atoms with Crippen LogP contribution in [0.1, 0.15) is 5.82 Å². The average molecular weight is 294 g/mol. The maximum atomic E-state index is 5.61. The van der Waals surface area contributed by atoms with Crippen molar-refractivity contribution in [2.24, 2.45) is 7.05 Å². The van der Waals surface area contributed by atoms with E-state index in [4.69, 9.17) is 10.3 Å². The van der Waals surface area contributed by atoms with Gasteiger partial charge in [-0.05, 0) is 11.4 Å². The van der Waals surface area contributed by atoms with Gasteiger partial charge in [0.05, 0.1) is 10.6 Å². The predicted octanol–water partition coefficient (Wildman–Crippen LogP) is 1.80. The van der Waals surface area contributed by atoms with Crippen LogP contribution in [0.25, 0.3) is 10.8 Å². The van der Waals surface area contributed by atoms with E-state index in [-0.39, 0.29) is 0 Å². The first kappa shape index (κ1) is 12.2. The van der Waals surface area contributed by atoms with Gasteiger partial charge in [-0.15, -0.1) is 21.5 Å². The van der Waals surface area contributed by atoms with Gasteiger partial charge in [0.2, 0.25) is 5.95 Å². The van der Waals surface area contributed by atoms with Crippen molar-refractivity contribution in [3.05, 3.63) is 23.3 Å². The Morgan fingerprint density at radius 3 is 3.05 bits per heavy atom. The molecule has 0 aliphatic rings. The molecule has 0 saturated carbocycles. The molecule has 3 aromatic heterocycles. The molecule has 0 spiro atoms. The summed E-state index contributed by atoms with van der Waals surface area (Å²) in [5.41, 5.74) is 5.61. The van der Waals surface area contributed by atoms with Crippen molar-refractivity contribution in [1.29, 1.82) is 0 Å². The number of hydrogen-bond donors (Lipinski definition) is 1. The Balaban J connectivity index is 1.69. The Morgan fingerprint density at radius 1 is 1.47 bits per heavy atom. The number of nitrogens with two attached hydrogens (primary N) is 1. The lowest BCUT2D eigenvalue weighted by atomic mass is 10.5. The molecule has 0 aliphatic heterocycles.